The fraction of sp³-hybridized carbons (Fsp3) is 0.462. The largest absolute Gasteiger partial charge is 0.423 e. The van der Waals surface area contributed by atoms with Gasteiger partial charge in [-0.05, 0) is 30.9 Å². The monoisotopic (exact) mass is 218 g/mol. The Kier molecular flexibility index (Phi) is 3.13. The molecular formula is C13H18N2O. The highest BCUT2D eigenvalue weighted by molar-refractivity contribution is 5.58. The third-order valence-electron chi connectivity index (χ3n) is 3.10. The summed E-state index contributed by atoms with van der Waals surface area (Å²) in [7, 11) is 0. The molecule has 3 nitrogen and oxygen atoms in total. The van der Waals surface area contributed by atoms with Gasteiger partial charge in [0.25, 0.3) is 6.01 Å². The van der Waals surface area contributed by atoms with Gasteiger partial charge >= 0.3 is 0 Å². The van der Waals surface area contributed by atoms with Crippen molar-refractivity contribution in [3.8, 4) is 0 Å². The van der Waals surface area contributed by atoms with Crippen LogP contribution in [0.5, 0.6) is 0 Å². The van der Waals surface area contributed by atoms with E-state index in [1.807, 2.05) is 0 Å². The van der Waals surface area contributed by atoms with Crippen molar-refractivity contribution in [3.05, 3.63) is 24.6 Å². The van der Waals surface area contributed by atoms with Gasteiger partial charge in [0.1, 0.15) is 5.69 Å². The highest BCUT2D eigenvalue weighted by atomic mass is 16.4. The molecule has 0 saturated carbocycles. The van der Waals surface area contributed by atoms with Gasteiger partial charge in [-0.25, -0.2) is 0 Å². The van der Waals surface area contributed by atoms with E-state index in [9.17, 15) is 0 Å². The molecule has 0 radical (unpaired) electrons. The third-order valence-corrected chi connectivity index (χ3v) is 3.10. The summed E-state index contributed by atoms with van der Waals surface area (Å²) in [5, 5.41) is 0. The van der Waals surface area contributed by atoms with Gasteiger partial charge in [0.15, 0.2) is 5.76 Å². The second kappa shape index (κ2) is 4.56. The Hall–Kier alpha value is -1.51. The highest BCUT2D eigenvalue weighted by Gasteiger charge is 2.20. The van der Waals surface area contributed by atoms with E-state index in [2.05, 4.69) is 30.0 Å². The molecule has 0 atom stereocenters. The maximum atomic E-state index is 5.66. The van der Waals surface area contributed by atoms with Crippen LogP contribution in [0.1, 0.15) is 31.2 Å². The van der Waals surface area contributed by atoms with Crippen molar-refractivity contribution in [2.45, 2.75) is 19.8 Å². The van der Waals surface area contributed by atoms with Gasteiger partial charge < -0.3 is 9.32 Å². The summed E-state index contributed by atoms with van der Waals surface area (Å²) < 4.78 is 5.66. The van der Waals surface area contributed by atoms with Crippen LogP contribution in [0.4, 0.5) is 6.01 Å². The molecule has 1 saturated heterocycles. The van der Waals surface area contributed by atoms with Crippen LogP contribution < -0.4 is 4.90 Å². The second-order valence-corrected chi connectivity index (χ2v) is 4.32. The summed E-state index contributed by atoms with van der Waals surface area (Å²) in [6.07, 6.45) is 5.79. The lowest BCUT2D eigenvalue weighted by Gasteiger charge is -2.28. The van der Waals surface area contributed by atoms with E-state index in [0.717, 1.165) is 24.7 Å². The molecule has 0 unspecified atom stereocenters. The van der Waals surface area contributed by atoms with Crippen LogP contribution >= 0.6 is 0 Å². The molecule has 16 heavy (non-hydrogen) atoms. The first-order valence-electron chi connectivity index (χ1n) is 5.75. The average Bonchev–Trinajstić information content (AvgIpc) is 2.73. The van der Waals surface area contributed by atoms with Gasteiger partial charge in [-0.1, -0.05) is 20.1 Å². The summed E-state index contributed by atoms with van der Waals surface area (Å²) in [4.78, 5) is 6.61. The first-order chi connectivity index (χ1) is 7.74. The Bertz CT molecular complexity index is 361. The zero-order chi connectivity index (χ0) is 11.5. The van der Waals surface area contributed by atoms with Crippen LogP contribution in [0.2, 0.25) is 0 Å². The minimum Gasteiger partial charge on any atom is -0.423 e. The van der Waals surface area contributed by atoms with Crippen molar-refractivity contribution >= 4 is 18.2 Å². The van der Waals surface area contributed by atoms with Gasteiger partial charge in [0.2, 0.25) is 0 Å². The van der Waals surface area contributed by atoms with E-state index in [4.69, 9.17) is 4.42 Å². The number of anilines is 1. The number of hydrogen-bond donors (Lipinski definition) is 0. The van der Waals surface area contributed by atoms with E-state index < -0.39 is 0 Å². The maximum absolute atomic E-state index is 5.66. The minimum atomic E-state index is 0.705. The number of hydrogen-bond acceptors (Lipinski definition) is 3. The normalized spacial score (nSPS) is 17.4. The predicted octanol–water partition coefficient (Wildman–Crippen LogP) is 3.20. The smallest absolute Gasteiger partial charge is 0.298 e. The lowest BCUT2D eigenvalue weighted by molar-refractivity contribution is 0.412. The van der Waals surface area contributed by atoms with Crippen LogP contribution in [0.3, 0.4) is 0 Å². The maximum Gasteiger partial charge on any atom is 0.298 e. The zero-order valence-corrected chi connectivity index (χ0v) is 9.78. The van der Waals surface area contributed by atoms with Crippen LogP contribution in [0, 0.1) is 5.92 Å². The van der Waals surface area contributed by atoms with Crippen LogP contribution in [0.25, 0.3) is 12.2 Å². The van der Waals surface area contributed by atoms with E-state index >= 15 is 0 Å². The molecule has 1 aromatic rings. The standard InChI is InChI=1S/C13H18N2O/c1-4-11-12(5-2)16-13(14-11)15-8-6-10(3)7-9-15/h4-5,10H,1-2,6-9H2,3H3. The number of rotatable bonds is 3. The molecule has 0 bridgehead atoms. The molecule has 1 aromatic heterocycles. The lowest BCUT2D eigenvalue weighted by Crippen LogP contribution is -2.32. The Morgan fingerprint density at radius 2 is 2.00 bits per heavy atom. The van der Waals surface area contributed by atoms with E-state index in [0.29, 0.717) is 11.8 Å². The zero-order valence-electron chi connectivity index (χ0n) is 9.78. The molecular weight excluding hydrogens is 200 g/mol. The quantitative estimate of drug-likeness (QED) is 0.780. The molecule has 0 aromatic carbocycles. The summed E-state index contributed by atoms with van der Waals surface area (Å²) >= 11 is 0. The fourth-order valence-electron chi connectivity index (χ4n) is 1.96. The molecule has 2 heterocycles. The Morgan fingerprint density at radius 3 is 2.50 bits per heavy atom. The summed E-state index contributed by atoms with van der Waals surface area (Å²) in [6.45, 7) is 11.8. The van der Waals surface area contributed by atoms with Crippen molar-refractivity contribution < 1.29 is 4.42 Å². The Morgan fingerprint density at radius 1 is 1.31 bits per heavy atom. The van der Waals surface area contributed by atoms with Gasteiger partial charge in [-0.2, -0.15) is 4.98 Å². The van der Waals surface area contributed by atoms with Gasteiger partial charge in [0, 0.05) is 13.1 Å². The highest BCUT2D eigenvalue weighted by Crippen LogP contribution is 2.25. The van der Waals surface area contributed by atoms with Crippen LogP contribution in [-0.4, -0.2) is 18.1 Å². The average molecular weight is 218 g/mol. The summed E-state index contributed by atoms with van der Waals surface area (Å²) in [5.74, 6) is 1.52. The number of nitrogens with zero attached hydrogens (tertiary/aromatic N) is 2. The number of piperidine rings is 1. The first kappa shape index (κ1) is 11.0. The third kappa shape index (κ3) is 2.03. The molecule has 2 rings (SSSR count). The molecule has 3 heteroatoms. The lowest BCUT2D eigenvalue weighted by atomic mass is 10.00. The molecule has 0 spiro atoms. The van der Waals surface area contributed by atoms with E-state index in [1.165, 1.54) is 12.8 Å². The number of aromatic nitrogens is 1. The van der Waals surface area contributed by atoms with Crippen molar-refractivity contribution in [2.24, 2.45) is 5.92 Å². The predicted molar refractivity (Wildman–Crippen MR) is 67.3 cm³/mol. The topological polar surface area (TPSA) is 29.3 Å². The molecule has 0 aliphatic carbocycles. The van der Waals surface area contributed by atoms with E-state index in [1.54, 1.807) is 12.2 Å². The summed E-state index contributed by atoms with van der Waals surface area (Å²) in [5.41, 5.74) is 0.781. The molecule has 1 aliphatic rings. The fourth-order valence-corrected chi connectivity index (χ4v) is 1.96. The van der Waals surface area contributed by atoms with Gasteiger partial charge in [0.05, 0.1) is 0 Å². The van der Waals surface area contributed by atoms with Crippen LogP contribution in [-0.2, 0) is 0 Å². The SMILES string of the molecule is C=Cc1nc(N2CCC(C)CC2)oc1C=C. The van der Waals surface area contributed by atoms with Crippen molar-refractivity contribution in [2.75, 3.05) is 18.0 Å². The Balaban J connectivity index is 2.17. The Labute approximate surface area is 96.5 Å². The second-order valence-electron chi connectivity index (χ2n) is 4.32. The first-order valence-corrected chi connectivity index (χ1v) is 5.75. The van der Waals surface area contributed by atoms with Crippen molar-refractivity contribution in [3.63, 3.8) is 0 Å². The van der Waals surface area contributed by atoms with Gasteiger partial charge in [-0.3, -0.25) is 0 Å². The number of oxazole rings is 1. The van der Waals surface area contributed by atoms with Crippen LogP contribution in [0.15, 0.2) is 17.6 Å². The molecule has 1 fully saturated rings. The molecule has 86 valence electrons. The minimum absolute atomic E-state index is 0.705. The summed E-state index contributed by atoms with van der Waals surface area (Å²) in [6, 6.07) is 0.705. The molecule has 0 N–H and O–H groups in total. The van der Waals surface area contributed by atoms with E-state index in [-0.39, 0.29) is 0 Å². The van der Waals surface area contributed by atoms with Crippen molar-refractivity contribution in [1.82, 2.24) is 4.98 Å². The molecule has 0 amide bonds. The van der Waals surface area contributed by atoms with Crippen molar-refractivity contribution in [1.29, 1.82) is 0 Å². The molecule has 1 aliphatic heterocycles. The van der Waals surface area contributed by atoms with Gasteiger partial charge in [-0.15, -0.1) is 0 Å².